The van der Waals surface area contributed by atoms with Gasteiger partial charge in [0.25, 0.3) is 0 Å². The van der Waals surface area contributed by atoms with Crippen molar-refractivity contribution in [2.75, 3.05) is 7.11 Å². The molecule has 0 radical (unpaired) electrons. The van der Waals surface area contributed by atoms with Crippen LogP contribution in [0.3, 0.4) is 0 Å². The van der Waals surface area contributed by atoms with Crippen LogP contribution in [0, 0.1) is 0 Å². The smallest absolute Gasteiger partial charge is 0.162 e. The number of benzene rings is 2. The Morgan fingerprint density at radius 3 is 2.50 bits per heavy atom. The molecule has 3 aromatic rings. The average molecular weight is 413 g/mol. The maximum absolute atomic E-state index is 5.94. The maximum Gasteiger partial charge on any atom is 0.162 e. The Balaban J connectivity index is 1.64. The minimum Gasteiger partial charge on any atom is -0.493 e. The molecule has 0 atom stereocenters. The number of pyridine rings is 1. The lowest BCUT2D eigenvalue weighted by molar-refractivity contribution is 0.284. The van der Waals surface area contributed by atoms with Crippen LogP contribution in [0.1, 0.15) is 16.8 Å². The quantitative estimate of drug-likeness (QED) is 0.580. The molecule has 0 aliphatic rings. The summed E-state index contributed by atoms with van der Waals surface area (Å²) in [4.78, 5) is 4.31. The minimum atomic E-state index is 0.501. The van der Waals surface area contributed by atoms with Gasteiger partial charge in [-0.05, 0) is 35.4 Å². The van der Waals surface area contributed by atoms with E-state index < -0.39 is 0 Å². The summed E-state index contributed by atoms with van der Waals surface area (Å²) in [5.74, 6) is 1.44. The van der Waals surface area contributed by atoms with E-state index in [1.165, 1.54) is 0 Å². The van der Waals surface area contributed by atoms with E-state index in [1.807, 2.05) is 60.7 Å². The highest BCUT2D eigenvalue weighted by Gasteiger charge is 2.11. The summed E-state index contributed by atoms with van der Waals surface area (Å²) in [6, 6.07) is 19.9. The first-order valence-electron chi connectivity index (χ1n) is 8.40. The third-order valence-corrected chi connectivity index (χ3v) is 4.66. The number of nitrogens with one attached hydrogen (secondary N) is 1. The van der Waals surface area contributed by atoms with Crippen LogP contribution in [-0.2, 0) is 19.7 Å². The fourth-order valence-electron chi connectivity index (χ4n) is 2.55. The van der Waals surface area contributed by atoms with E-state index in [0.29, 0.717) is 19.7 Å². The van der Waals surface area contributed by atoms with Crippen LogP contribution in [0.2, 0.25) is 0 Å². The molecular weight excluding hydrogens is 392 g/mol. The maximum atomic E-state index is 5.94. The van der Waals surface area contributed by atoms with Gasteiger partial charge in [0.2, 0.25) is 0 Å². The van der Waals surface area contributed by atoms with Crippen LogP contribution in [0.5, 0.6) is 11.5 Å². The van der Waals surface area contributed by atoms with Gasteiger partial charge in [-0.1, -0.05) is 52.3 Å². The van der Waals surface area contributed by atoms with E-state index in [-0.39, 0.29) is 0 Å². The van der Waals surface area contributed by atoms with Gasteiger partial charge in [-0.25, -0.2) is 0 Å². The Labute approximate surface area is 162 Å². The summed E-state index contributed by atoms with van der Waals surface area (Å²) in [6.45, 7) is 1.91. The zero-order valence-corrected chi connectivity index (χ0v) is 16.2. The Morgan fingerprint density at radius 1 is 0.962 bits per heavy atom. The van der Waals surface area contributed by atoms with Gasteiger partial charge in [0.05, 0.1) is 12.8 Å². The van der Waals surface area contributed by atoms with Crippen LogP contribution in [-0.4, -0.2) is 12.1 Å². The molecule has 0 spiro atoms. The largest absolute Gasteiger partial charge is 0.493 e. The van der Waals surface area contributed by atoms with Crippen LogP contribution >= 0.6 is 15.9 Å². The average Bonchev–Trinajstić information content (AvgIpc) is 2.69. The summed E-state index contributed by atoms with van der Waals surface area (Å²) in [6.07, 6.45) is 1.80. The molecule has 2 aromatic carbocycles. The first kappa shape index (κ1) is 18.4. The number of aromatic nitrogens is 1. The summed E-state index contributed by atoms with van der Waals surface area (Å²) in [7, 11) is 1.66. The summed E-state index contributed by atoms with van der Waals surface area (Å²) < 4.78 is 12.4. The second-order valence-corrected chi connectivity index (χ2v) is 6.65. The third kappa shape index (κ3) is 5.07. The summed E-state index contributed by atoms with van der Waals surface area (Å²) in [5, 5.41) is 3.40. The lowest BCUT2D eigenvalue weighted by Gasteiger charge is -2.14. The van der Waals surface area contributed by atoms with Gasteiger partial charge < -0.3 is 14.8 Å². The van der Waals surface area contributed by atoms with E-state index in [4.69, 9.17) is 9.47 Å². The number of hydrogen-bond acceptors (Lipinski definition) is 4. The van der Waals surface area contributed by atoms with E-state index in [9.17, 15) is 0 Å². The SMILES string of the molecule is COc1cc(CNCc2ccccn2)c(Br)cc1OCc1ccccc1. The van der Waals surface area contributed by atoms with Gasteiger partial charge >= 0.3 is 0 Å². The Kier molecular flexibility index (Phi) is 6.63. The van der Waals surface area contributed by atoms with Crippen molar-refractivity contribution in [2.24, 2.45) is 0 Å². The molecule has 4 nitrogen and oxygen atoms in total. The lowest BCUT2D eigenvalue weighted by Crippen LogP contribution is -2.14. The van der Waals surface area contributed by atoms with Gasteiger partial charge in [-0.3, -0.25) is 4.98 Å². The van der Waals surface area contributed by atoms with Crippen molar-refractivity contribution < 1.29 is 9.47 Å². The van der Waals surface area contributed by atoms with Crippen LogP contribution in [0.15, 0.2) is 71.3 Å². The molecule has 0 unspecified atom stereocenters. The molecule has 0 bridgehead atoms. The predicted octanol–water partition coefficient (Wildman–Crippen LogP) is 4.72. The monoisotopic (exact) mass is 412 g/mol. The molecule has 0 amide bonds. The lowest BCUT2D eigenvalue weighted by atomic mass is 10.2. The van der Waals surface area contributed by atoms with E-state index in [2.05, 4.69) is 26.2 Å². The van der Waals surface area contributed by atoms with Crippen LogP contribution < -0.4 is 14.8 Å². The number of hydrogen-bond donors (Lipinski definition) is 1. The van der Waals surface area contributed by atoms with E-state index in [1.54, 1.807) is 13.3 Å². The molecule has 134 valence electrons. The molecule has 0 saturated heterocycles. The molecule has 0 aliphatic carbocycles. The first-order valence-corrected chi connectivity index (χ1v) is 9.19. The number of halogens is 1. The zero-order valence-electron chi connectivity index (χ0n) is 14.6. The Morgan fingerprint density at radius 2 is 1.77 bits per heavy atom. The molecular formula is C21H21BrN2O2. The fourth-order valence-corrected chi connectivity index (χ4v) is 3.01. The van der Waals surface area contributed by atoms with Gasteiger partial charge in [0, 0.05) is 23.8 Å². The van der Waals surface area contributed by atoms with Gasteiger partial charge in [-0.2, -0.15) is 0 Å². The predicted molar refractivity (Wildman–Crippen MR) is 106 cm³/mol. The second kappa shape index (κ2) is 9.36. The van der Waals surface area contributed by atoms with E-state index in [0.717, 1.165) is 32.8 Å². The number of methoxy groups -OCH3 is 1. The molecule has 0 aliphatic heterocycles. The number of nitrogens with zero attached hydrogens (tertiary/aromatic N) is 1. The van der Waals surface area contributed by atoms with Crippen molar-refractivity contribution in [1.82, 2.24) is 10.3 Å². The minimum absolute atomic E-state index is 0.501. The van der Waals surface area contributed by atoms with Crippen molar-refractivity contribution in [3.8, 4) is 11.5 Å². The Hall–Kier alpha value is -2.37. The van der Waals surface area contributed by atoms with Crippen LogP contribution in [0.4, 0.5) is 0 Å². The molecule has 3 rings (SSSR count). The van der Waals surface area contributed by atoms with Crippen molar-refractivity contribution in [3.05, 3.63) is 88.2 Å². The van der Waals surface area contributed by atoms with Crippen molar-refractivity contribution >= 4 is 15.9 Å². The molecule has 1 heterocycles. The third-order valence-electron chi connectivity index (χ3n) is 3.92. The van der Waals surface area contributed by atoms with Crippen LogP contribution in [0.25, 0.3) is 0 Å². The number of ether oxygens (including phenoxy) is 2. The highest BCUT2D eigenvalue weighted by Crippen LogP contribution is 2.34. The zero-order chi connectivity index (χ0) is 18.2. The second-order valence-electron chi connectivity index (χ2n) is 5.79. The molecule has 26 heavy (non-hydrogen) atoms. The molecule has 0 saturated carbocycles. The Bertz CT molecular complexity index is 826. The molecule has 0 fully saturated rings. The molecule has 1 N–H and O–H groups in total. The fraction of sp³-hybridized carbons (Fsp3) is 0.190. The molecule has 5 heteroatoms. The molecule has 1 aromatic heterocycles. The topological polar surface area (TPSA) is 43.4 Å². The highest BCUT2D eigenvalue weighted by atomic mass is 79.9. The standard InChI is InChI=1S/C21H21BrN2O2/c1-25-20-11-17(13-23-14-18-9-5-6-10-24-18)19(22)12-21(20)26-15-16-7-3-2-4-8-16/h2-12,23H,13-15H2,1H3. The first-order chi connectivity index (χ1) is 12.8. The summed E-state index contributed by atoms with van der Waals surface area (Å²) in [5.41, 5.74) is 3.23. The normalized spacial score (nSPS) is 10.5. The summed E-state index contributed by atoms with van der Waals surface area (Å²) >= 11 is 3.63. The van der Waals surface area contributed by atoms with Crippen molar-refractivity contribution in [2.45, 2.75) is 19.7 Å². The van der Waals surface area contributed by atoms with Gasteiger partial charge in [-0.15, -0.1) is 0 Å². The van der Waals surface area contributed by atoms with Gasteiger partial charge in [0.1, 0.15) is 6.61 Å². The van der Waals surface area contributed by atoms with Crippen molar-refractivity contribution in [1.29, 1.82) is 0 Å². The highest BCUT2D eigenvalue weighted by molar-refractivity contribution is 9.10. The van der Waals surface area contributed by atoms with Gasteiger partial charge in [0.15, 0.2) is 11.5 Å². The van der Waals surface area contributed by atoms with E-state index >= 15 is 0 Å². The number of rotatable bonds is 8. The van der Waals surface area contributed by atoms with Crippen molar-refractivity contribution in [3.63, 3.8) is 0 Å².